The van der Waals surface area contributed by atoms with Crippen LogP contribution in [0, 0.1) is 5.92 Å². The van der Waals surface area contributed by atoms with Crippen molar-refractivity contribution in [2.45, 2.75) is 26.7 Å². The van der Waals surface area contributed by atoms with E-state index in [1.165, 1.54) is 6.20 Å². The first-order chi connectivity index (χ1) is 8.08. The van der Waals surface area contributed by atoms with Crippen LogP contribution in [-0.4, -0.2) is 27.1 Å². The first-order valence-electron chi connectivity index (χ1n) is 5.39. The minimum atomic E-state index is -0.129. The van der Waals surface area contributed by atoms with Gasteiger partial charge in [-0.3, -0.25) is 9.89 Å². The second-order valence-electron chi connectivity index (χ2n) is 3.91. The third-order valence-electron chi connectivity index (χ3n) is 2.52. The fourth-order valence-corrected chi connectivity index (χ4v) is 1.28. The van der Waals surface area contributed by atoms with Crippen LogP contribution < -0.4 is 11.1 Å². The predicted octanol–water partition coefficient (Wildman–Crippen LogP) is 0.879. The predicted molar refractivity (Wildman–Crippen MR) is 63.8 cm³/mol. The third-order valence-corrected chi connectivity index (χ3v) is 2.52. The van der Waals surface area contributed by atoms with Gasteiger partial charge in [-0.15, -0.1) is 0 Å². The number of rotatable bonds is 5. The molecule has 0 aliphatic carbocycles. The molecule has 0 bridgehead atoms. The highest BCUT2D eigenvalue weighted by molar-refractivity contribution is 6.04. The number of carbonyl (C=O) groups excluding carboxylic acids is 1. The second kappa shape index (κ2) is 5.88. The molecule has 1 amide bonds. The summed E-state index contributed by atoms with van der Waals surface area (Å²) in [6.07, 6.45) is 2.74. The molecule has 0 fully saturated rings. The zero-order chi connectivity index (χ0) is 12.8. The van der Waals surface area contributed by atoms with E-state index in [4.69, 9.17) is 10.9 Å². The molecule has 1 rings (SSSR count). The number of hydrogen-bond donors (Lipinski definition) is 4. The van der Waals surface area contributed by atoms with Crippen LogP contribution >= 0.6 is 0 Å². The molecule has 0 saturated heterocycles. The molecule has 0 aliphatic heterocycles. The Hall–Kier alpha value is -2.05. The molecule has 1 atom stereocenters. The Morgan fingerprint density at radius 3 is 3.06 bits per heavy atom. The lowest BCUT2D eigenvalue weighted by Gasteiger charge is -2.08. The van der Waals surface area contributed by atoms with Gasteiger partial charge >= 0.3 is 0 Å². The zero-order valence-corrected chi connectivity index (χ0v) is 9.90. The number of anilines is 1. The van der Waals surface area contributed by atoms with Gasteiger partial charge in [0.15, 0.2) is 5.84 Å². The van der Waals surface area contributed by atoms with Crippen molar-refractivity contribution in [3.8, 4) is 0 Å². The number of nitrogens with one attached hydrogen (secondary N) is 2. The Morgan fingerprint density at radius 2 is 2.47 bits per heavy atom. The van der Waals surface area contributed by atoms with E-state index in [1.807, 2.05) is 13.8 Å². The van der Waals surface area contributed by atoms with Crippen molar-refractivity contribution in [1.82, 2.24) is 10.2 Å². The van der Waals surface area contributed by atoms with Crippen LogP contribution in [0.25, 0.3) is 0 Å². The average molecular weight is 239 g/mol. The van der Waals surface area contributed by atoms with E-state index in [2.05, 4.69) is 20.7 Å². The lowest BCUT2D eigenvalue weighted by Crippen LogP contribution is -2.19. The summed E-state index contributed by atoms with van der Waals surface area (Å²) in [5.41, 5.74) is 5.80. The lowest BCUT2D eigenvalue weighted by atomic mass is 10.1. The Balaban J connectivity index is 2.69. The summed E-state index contributed by atoms with van der Waals surface area (Å²) in [4.78, 5) is 11.6. The molecule has 0 aromatic carbocycles. The van der Waals surface area contributed by atoms with Gasteiger partial charge in [0.05, 0.1) is 11.8 Å². The highest BCUT2D eigenvalue weighted by atomic mass is 16.4. The molecule has 1 aromatic heterocycles. The first kappa shape index (κ1) is 13.0. The molecule has 7 heteroatoms. The van der Waals surface area contributed by atoms with E-state index in [0.29, 0.717) is 23.7 Å². The van der Waals surface area contributed by atoms with Crippen LogP contribution in [0.1, 0.15) is 32.3 Å². The van der Waals surface area contributed by atoms with Crippen LogP contribution in [0.3, 0.4) is 0 Å². The fourth-order valence-electron chi connectivity index (χ4n) is 1.28. The summed E-state index contributed by atoms with van der Waals surface area (Å²) >= 11 is 0. The summed E-state index contributed by atoms with van der Waals surface area (Å²) in [6, 6.07) is 0. The number of nitrogens with two attached hydrogens (primary N) is 1. The smallest absolute Gasteiger partial charge is 0.225 e. The minimum Gasteiger partial charge on any atom is -0.409 e. The summed E-state index contributed by atoms with van der Waals surface area (Å²) in [5.74, 6) is 0.423. The molecule has 1 aromatic rings. The molecule has 17 heavy (non-hydrogen) atoms. The van der Waals surface area contributed by atoms with Crippen molar-refractivity contribution in [1.29, 1.82) is 0 Å². The summed E-state index contributed by atoms with van der Waals surface area (Å²) in [6.45, 7) is 4.02. The van der Waals surface area contributed by atoms with Crippen molar-refractivity contribution in [3.05, 3.63) is 11.8 Å². The monoisotopic (exact) mass is 239 g/mol. The van der Waals surface area contributed by atoms with Gasteiger partial charge in [-0.25, -0.2) is 0 Å². The standard InChI is InChI=1S/C10H17N5O2/c1-3-6(2)4-8(16)13-10-7(5-12-14-10)9(11)15-17/h5-6,17H,3-4H2,1-2H3,(H2,11,15)(H2,12,13,14,16). The number of nitrogens with zero attached hydrogens (tertiary/aromatic N) is 2. The van der Waals surface area contributed by atoms with Gasteiger partial charge in [0.2, 0.25) is 5.91 Å². The van der Waals surface area contributed by atoms with E-state index >= 15 is 0 Å². The van der Waals surface area contributed by atoms with Crippen LogP contribution in [0.5, 0.6) is 0 Å². The van der Waals surface area contributed by atoms with Gasteiger partial charge in [0.25, 0.3) is 0 Å². The maximum Gasteiger partial charge on any atom is 0.225 e. The number of H-pyrrole nitrogens is 1. The normalized spacial score (nSPS) is 13.4. The molecular formula is C10H17N5O2. The molecule has 7 nitrogen and oxygen atoms in total. The molecular weight excluding hydrogens is 222 g/mol. The first-order valence-corrected chi connectivity index (χ1v) is 5.39. The van der Waals surface area contributed by atoms with E-state index in [9.17, 15) is 4.79 Å². The fraction of sp³-hybridized carbons (Fsp3) is 0.500. The number of amides is 1. The summed E-state index contributed by atoms with van der Waals surface area (Å²) in [5, 5.41) is 20.4. The van der Waals surface area contributed by atoms with Crippen molar-refractivity contribution in [2.75, 3.05) is 5.32 Å². The maximum absolute atomic E-state index is 11.6. The van der Waals surface area contributed by atoms with E-state index in [0.717, 1.165) is 6.42 Å². The molecule has 0 saturated carbocycles. The molecule has 5 N–H and O–H groups in total. The number of aromatic nitrogens is 2. The number of oxime groups is 1. The average Bonchev–Trinajstić information content (AvgIpc) is 2.75. The molecule has 0 radical (unpaired) electrons. The molecule has 1 heterocycles. The molecule has 1 unspecified atom stereocenters. The van der Waals surface area contributed by atoms with Gasteiger partial charge < -0.3 is 16.3 Å². The molecule has 94 valence electrons. The highest BCUT2D eigenvalue weighted by Gasteiger charge is 2.13. The zero-order valence-electron chi connectivity index (χ0n) is 9.90. The largest absolute Gasteiger partial charge is 0.409 e. The Bertz CT molecular complexity index is 413. The van der Waals surface area contributed by atoms with Crippen molar-refractivity contribution < 1.29 is 10.0 Å². The minimum absolute atomic E-state index is 0.0995. The maximum atomic E-state index is 11.6. The number of carbonyl (C=O) groups is 1. The summed E-state index contributed by atoms with van der Waals surface area (Å²) < 4.78 is 0. The second-order valence-corrected chi connectivity index (χ2v) is 3.91. The number of amidine groups is 1. The van der Waals surface area contributed by atoms with Crippen LogP contribution in [0.15, 0.2) is 11.4 Å². The topological polar surface area (TPSA) is 116 Å². The van der Waals surface area contributed by atoms with E-state index in [1.54, 1.807) is 0 Å². The van der Waals surface area contributed by atoms with Gasteiger partial charge in [0, 0.05) is 6.42 Å². The number of aromatic amines is 1. The van der Waals surface area contributed by atoms with E-state index in [-0.39, 0.29) is 11.7 Å². The van der Waals surface area contributed by atoms with Crippen LogP contribution in [0.2, 0.25) is 0 Å². The quantitative estimate of drug-likeness (QED) is 0.264. The number of hydrogen-bond acceptors (Lipinski definition) is 4. The SMILES string of the molecule is CCC(C)CC(=O)Nc1[nH]ncc1C(N)=NO. The Labute approximate surface area is 99.1 Å². The van der Waals surface area contributed by atoms with Gasteiger partial charge in [-0.1, -0.05) is 25.4 Å². The van der Waals surface area contributed by atoms with Crippen molar-refractivity contribution in [2.24, 2.45) is 16.8 Å². The van der Waals surface area contributed by atoms with Gasteiger partial charge in [0.1, 0.15) is 5.82 Å². The molecule has 0 spiro atoms. The van der Waals surface area contributed by atoms with Gasteiger partial charge in [-0.2, -0.15) is 5.10 Å². The van der Waals surface area contributed by atoms with Crippen LogP contribution in [-0.2, 0) is 4.79 Å². The van der Waals surface area contributed by atoms with E-state index < -0.39 is 0 Å². The van der Waals surface area contributed by atoms with Crippen LogP contribution in [0.4, 0.5) is 5.82 Å². The third kappa shape index (κ3) is 3.47. The molecule has 0 aliphatic rings. The highest BCUT2D eigenvalue weighted by Crippen LogP contribution is 2.13. The Morgan fingerprint density at radius 1 is 1.76 bits per heavy atom. The summed E-state index contributed by atoms with van der Waals surface area (Å²) in [7, 11) is 0. The van der Waals surface area contributed by atoms with Crippen molar-refractivity contribution >= 4 is 17.6 Å². The lowest BCUT2D eigenvalue weighted by molar-refractivity contribution is -0.117. The van der Waals surface area contributed by atoms with Gasteiger partial charge in [-0.05, 0) is 5.92 Å². The Kier molecular flexibility index (Phi) is 4.50. The van der Waals surface area contributed by atoms with Crippen molar-refractivity contribution in [3.63, 3.8) is 0 Å².